The van der Waals surface area contributed by atoms with E-state index in [1.165, 1.54) is 0 Å². The van der Waals surface area contributed by atoms with Crippen LogP contribution < -0.4 is 0 Å². The van der Waals surface area contributed by atoms with E-state index < -0.39 is 5.97 Å². The first-order chi connectivity index (χ1) is 11.1. The quantitative estimate of drug-likeness (QED) is 0.938. The van der Waals surface area contributed by atoms with Crippen molar-refractivity contribution in [2.24, 2.45) is 7.05 Å². The molecule has 1 saturated heterocycles. The maximum atomic E-state index is 12.9. The number of aryl methyl sites for hydroxylation is 1. The zero-order valence-electron chi connectivity index (χ0n) is 13.0. The second-order valence-corrected chi connectivity index (χ2v) is 5.79. The number of likely N-dealkylation sites (tertiary alicyclic amines) is 1. The van der Waals surface area contributed by atoms with Crippen LogP contribution >= 0.6 is 0 Å². The third-order valence-electron chi connectivity index (χ3n) is 4.26. The molecule has 0 spiro atoms. The van der Waals surface area contributed by atoms with E-state index in [0.717, 1.165) is 24.1 Å². The minimum absolute atomic E-state index is 0.00727. The molecule has 1 amide bonds. The highest BCUT2D eigenvalue weighted by Gasteiger charge is 2.33. The standard InChI is InChI=1S/C17H19N3O3/c1-19-16(12-6-3-2-4-7-12)14(11-18-19)17(23)20-9-5-8-13(20)10-15(21)22/h2-4,6-7,11,13H,5,8-10H2,1H3,(H,21,22). The fourth-order valence-electron chi connectivity index (χ4n) is 3.20. The van der Waals surface area contributed by atoms with Gasteiger partial charge in [-0.2, -0.15) is 5.10 Å². The molecule has 0 radical (unpaired) electrons. The van der Waals surface area contributed by atoms with Gasteiger partial charge >= 0.3 is 5.97 Å². The largest absolute Gasteiger partial charge is 0.481 e. The Morgan fingerprint density at radius 3 is 2.74 bits per heavy atom. The highest BCUT2D eigenvalue weighted by Crippen LogP contribution is 2.28. The lowest BCUT2D eigenvalue weighted by Crippen LogP contribution is -2.37. The first kappa shape index (κ1) is 15.3. The highest BCUT2D eigenvalue weighted by atomic mass is 16.4. The first-order valence-electron chi connectivity index (χ1n) is 7.68. The minimum Gasteiger partial charge on any atom is -0.481 e. The Balaban J connectivity index is 1.93. The van der Waals surface area contributed by atoms with E-state index >= 15 is 0 Å². The molecule has 1 atom stereocenters. The van der Waals surface area contributed by atoms with Crippen molar-refractivity contribution in [3.8, 4) is 11.3 Å². The van der Waals surface area contributed by atoms with Crippen LogP contribution in [0.1, 0.15) is 29.6 Å². The Bertz CT molecular complexity index is 724. The monoisotopic (exact) mass is 313 g/mol. The van der Waals surface area contributed by atoms with Gasteiger partial charge in [0, 0.05) is 25.2 Å². The normalized spacial score (nSPS) is 17.4. The molecule has 2 aromatic rings. The fourth-order valence-corrected chi connectivity index (χ4v) is 3.20. The van der Waals surface area contributed by atoms with Crippen LogP contribution in [0.4, 0.5) is 0 Å². The maximum Gasteiger partial charge on any atom is 0.305 e. The summed E-state index contributed by atoms with van der Waals surface area (Å²) in [5, 5.41) is 13.3. The van der Waals surface area contributed by atoms with E-state index in [1.54, 1.807) is 22.8 Å². The van der Waals surface area contributed by atoms with Crippen molar-refractivity contribution in [2.75, 3.05) is 6.54 Å². The third-order valence-corrected chi connectivity index (χ3v) is 4.26. The molecule has 2 heterocycles. The molecule has 1 fully saturated rings. The lowest BCUT2D eigenvalue weighted by atomic mass is 10.1. The Morgan fingerprint density at radius 1 is 1.30 bits per heavy atom. The van der Waals surface area contributed by atoms with E-state index in [1.807, 2.05) is 30.3 Å². The maximum absolute atomic E-state index is 12.9. The van der Waals surface area contributed by atoms with Gasteiger partial charge in [0.15, 0.2) is 0 Å². The number of amides is 1. The van der Waals surface area contributed by atoms with Crippen molar-refractivity contribution in [1.82, 2.24) is 14.7 Å². The summed E-state index contributed by atoms with van der Waals surface area (Å²) in [5.41, 5.74) is 2.21. The number of carbonyl (C=O) groups excluding carboxylic acids is 1. The van der Waals surface area contributed by atoms with Crippen molar-refractivity contribution >= 4 is 11.9 Å². The first-order valence-corrected chi connectivity index (χ1v) is 7.68. The molecule has 1 unspecified atom stereocenters. The van der Waals surface area contributed by atoms with Crippen LogP contribution in [0.5, 0.6) is 0 Å². The van der Waals surface area contributed by atoms with Crippen LogP contribution in [0.25, 0.3) is 11.3 Å². The number of carbonyl (C=O) groups is 2. The molecule has 1 aromatic carbocycles. The zero-order chi connectivity index (χ0) is 16.4. The van der Waals surface area contributed by atoms with Crippen LogP contribution in [0, 0.1) is 0 Å². The average Bonchev–Trinajstić information content (AvgIpc) is 3.13. The minimum atomic E-state index is -0.871. The van der Waals surface area contributed by atoms with Crippen LogP contribution in [-0.4, -0.2) is 44.3 Å². The summed E-state index contributed by atoms with van der Waals surface area (Å²) in [6.45, 7) is 0.597. The molecule has 1 aliphatic rings. The number of rotatable bonds is 4. The number of carboxylic acid groups (broad SMARTS) is 1. The van der Waals surface area contributed by atoms with Gasteiger partial charge in [-0.05, 0) is 12.8 Å². The average molecular weight is 313 g/mol. The number of aromatic nitrogens is 2. The summed E-state index contributed by atoms with van der Waals surface area (Å²) in [7, 11) is 1.80. The number of hydrogen-bond donors (Lipinski definition) is 1. The van der Waals surface area contributed by atoms with Gasteiger partial charge in [0.2, 0.25) is 0 Å². The molecule has 0 bridgehead atoms. The molecule has 120 valence electrons. The van der Waals surface area contributed by atoms with Crippen LogP contribution in [0.15, 0.2) is 36.5 Å². The van der Waals surface area contributed by atoms with Crippen molar-refractivity contribution in [3.63, 3.8) is 0 Å². The number of aliphatic carboxylic acids is 1. The van der Waals surface area contributed by atoms with E-state index in [9.17, 15) is 9.59 Å². The second-order valence-electron chi connectivity index (χ2n) is 5.79. The topological polar surface area (TPSA) is 75.4 Å². The van der Waals surface area contributed by atoms with Gasteiger partial charge in [0.25, 0.3) is 5.91 Å². The summed E-state index contributed by atoms with van der Waals surface area (Å²) >= 11 is 0. The van der Waals surface area contributed by atoms with Gasteiger partial charge in [0.1, 0.15) is 0 Å². The second kappa shape index (κ2) is 6.24. The summed E-state index contributed by atoms with van der Waals surface area (Å²) < 4.78 is 1.69. The van der Waals surface area contributed by atoms with E-state index in [0.29, 0.717) is 12.1 Å². The molecule has 0 saturated carbocycles. The van der Waals surface area contributed by atoms with Gasteiger partial charge in [0.05, 0.1) is 23.9 Å². The van der Waals surface area contributed by atoms with Crippen molar-refractivity contribution in [2.45, 2.75) is 25.3 Å². The predicted molar refractivity (Wildman–Crippen MR) is 85.0 cm³/mol. The van der Waals surface area contributed by atoms with E-state index in [-0.39, 0.29) is 18.4 Å². The molecule has 3 rings (SSSR count). The summed E-state index contributed by atoms with van der Waals surface area (Å²) in [6, 6.07) is 9.40. The molecular weight excluding hydrogens is 294 g/mol. The summed E-state index contributed by atoms with van der Waals surface area (Å²) in [4.78, 5) is 25.6. The third kappa shape index (κ3) is 2.97. The van der Waals surface area contributed by atoms with Gasteiger partial charge in [-0.1, -0.05) is 30.3 Å². The van der Waals surface area contributed by atoms with Gasteiger partial charge in [-0.15, -0.1) is 0 Å². The molecule has 6 heteroatoms. The Kier molecular flexibility index (Phi) is 4.14. The van der Waals surface area contributed by atoms with Crippen molar-refractivity contribution in [1.29, 1.82) is 0 Å². The Hall–Kier alpha value is -2.63. The fraction of sp³-hybridized carbons (Fsp3) is 0.353. The lowest BCUT2D eigenvalue weighted by Gasteiger charge is -2.23. The van der Waals surface area contributed by atoms with Gasteiger partial charge in [-0.3, -0.25) is 14.3 Å². The molecule has 0 aliphatic carbocycles. The summed E-state index contributed by atoms with van der Waals surface area (Å²) in [5.74, 6) is -1.01. The van der Waals surface area contributed by atoms with Gasteiger partial charge < -0.3 is 10.0 Å². The molecule has 1 aromatic heterocycles. The van der Waals surface area contributed by atoms with E-state index in [2.05, 4.69) is 5.10 Å². The molecule has 23 heavy (non-hydrogen) atoms. The van der Waals surface area contributed by atoms with Crippen LogP contribution in [0.3, 0.4) is 0 Å². The SMILES string of the molecule is Cn1ncc(C(=O)N2CCCC2CC(=O)O)c1-c1ccccc1. The zero-order valence-corrected chi connectivity index (χ0v) is 13.0. The molecule has 1 aliphatic heterocycles. The molecule has 6 nitrogen and oxygen atoms in total. The molecule has 1 N–H and O–H groups in total. The predicted octanol–water partition coefficient (Wildman–Crippen LogP) is 2.17. The van der Waals surface area contributed by atoms with Crippen LogP contribution in [-0.2, 0) is 11.8 Å². The lowest BCUT2D eigenvalue weighted by molar-refractivity contribution is -0.137. The Morgan fingerprint density at radius 2 is 2.04 bits per heavy atom. The van der Waals surface area contributed by atoms with Gasteiger partial charge in [-0.25, -0.2) is 0 Å². The van der Waals surface area contributed by atoms with Crippen molar-refractivity contribution < 1.29 is 14.7 Å². The smallest absolute Gasteiger partial charge is 0.305 e. The van der Waals surface area contributed by atoms with E-state index in [4.69, 9.17) is 5.11 Å². The highest BCUT2D eigenvalue weighted by molar-refractivity contribution is 6.00. The summed E-state index contributed by atoms with van der Waals surface area (Å²) in [6.07, 6.45) is 3.14. The van der Waals surface area contributed by atoms with Crippen LogP contribution in [0.2, 0.25) is 0 Å². The Labute approximate surface area is 134 Å². The molecular formula is C17H19N3O3. The number of carboxylic acids is 1. The number of benzene rings is 1. The van der Waals surface area contributed by atoms with Crippen molar-refractivity contribution in [3.05, 3.63) is 42.1 Å². The number of nitrogens with zero attached hydrogens (tertiary/aromatic N) is 3. The number of hydrogen-bond acceptors (Lipinski definition) is 3.